The van der Waals surface area contributed by atoms with Crippen molar-refractivity contribution >= 4 is 28.8 Å². The van der Waals surface area contributed by atoms with E-state index in [0.29, 0.717) is 54.7 Å². The van der Waals surface area contributed by atoms with Crippen LogP contribution < -0.4 is 16.2 Å². The maximum atomic E-state index is 13.9. The van der Waals surface area contributed by atoms with Crippen molar-refractivity contribution in [1.82, 2.24) is 29.7 Å². The number of nitrogens with zero attached hydrogens (tertiary/aromatic N) is 3. The molecule has 2 saturated heterocycles. The van der Waals surface area contributed by atoms with Crippen molar-refractivity contribution in [2.75, 3.05) is 19.6 Å². The van der Waals surface area contributed by atoms with Crippen LogP contribution in [-0.4, -0.2) is 68.6 Å². The summed E-state index contributed by atoms with van der Waals surface area (Å²) in [6.07, 6.45) is 2.07. The van der Waals surface area contributed by atoms with Crippen LogP contribution in [0.1, 0.15) is 82.4 Å². The zero-order valence-electron chi connectivity index (χ0n) is 28.4. The Hall–Kier alpha value is -4.94. The number of benzene rings is 1. The largest absolute Gasteiger partial charge is 0.441 e. The van der Waals surface area contributed by atoms with Crippen LogP contribution in [0.3, 0.4) is 0 Å². The second-order valence-electron chi connectivity index (χ2n) is 13.4. The molecule has 5 heterocycles. The zero-order valence-corrected chi connectivity index (χ0v) is 28.4. The van der Waals surface area contributed by atoms with Crippen LogP contribution in [0.15, 0.2) is 41.5 Å². The highest BCUT2D eigenvalue weighted by molar-refractivity contribution is 6.09. The standard InChI is InChI=1S/C36H42F2N6O5/c1-6-23(5)44-16-21(3)31-26(32(45)39-15-27-20(2)11-22(4)41-33(27)46)12-24(13-28(31)44)25-14-29(43(17-25)18-30(37)38)34(47)42-9-7-36(8-10-42)19-40-35(48)49-36/h11-14,16-17,23,30H,6-10,15,18-19H2,1-5H3,(H,39,45)(H,40,48)(H,41,46)/t23-/m0/s1. The molecule has 0 saturated carbocycles. The van der Waals surface area contributed by atoms with E-state index in [2.05, 4.69) is 34.0 Å². The highest BCUT2D eigenvalue weighted by atomic mass is 19.3. The van der Waals surface area contributed by atoms with Gasteiger partial charge in [-0.3, -0.25) is 14.4 Å². The summed E-state index contributed by atoms with van der Waals surface area (Å²) in [6, 6.07) is 7.22. The van der Waals surface area contributed by atoms with Gasteiger partial charge in [0.15, 0.2) is 0 Å². The van der Waals surface area contributed by atoms with Crippen molar-refractivity contribution in [3.8, 4) is 11.1 Å². The Morgan fingerprint density at radius 1 is 1.02 bits per heavy atom. The summed E-state index contributed by atoms with van der Waals surface area (Å²) in [5, 5.41) is 6.35. The molecule has 0 unspecified atom stereocenters. The topological polar surface area (TPSA) is 130 Å². The number of aromatic nitrogens is 3. The molecule has 1 atom stereocenters. The third kappa shape index (κ3) is 6.58. The second-order valence-corrected chi connectivity index (χ2v) is 13.4. The van der Waals surface area contributed by atoms with E-state index in [1.807, 2.05) is 32.2 Å². The molecule has 1 aromatic carbocycles. The van der Waals surface area contributed by atoms with Crippen LogP contribution in [0, 0.1) is 20.8 Å². The number of halogens is 2. The fourth-order valence-electron chi connectivity index (χ4n) is 7.07. The van der Waals surface area contributed by atoms with Gasteiger partial charge in [-0.25, -0.2) is 13.6 Å². The number of fused-ring (bicyclic) bond motifs is 1. The zero-order chi connectivity index (χ0) is 35.2. The first-order chi connectivity index (χ1) is 23.3. The maximum absolute atomic E-state index is 13.9. The van der Waals surface area contributed by atoms with E-state index in [-0.39, 0.29) is 29.7 Å². The molecule has 3 aromatic heterocycles. The molecule has 4 aromatic rings. The van der Waals surface area contributed by atoms with Gasteiger partial charge in [-0.15, -0.1) is 0 Å². The van der Waals surface area contributed by atoms with E-state index in [4.69, 9.17) is 4.74 Å². The summed E-state index contributed by atoms with van der Waals surface area (Å²) in [4.78, 5) is 56.5. The monoisotopic (exact) mass is 676 g/mol. The van der Waals surface area contributed by atoms with Gasteiger partial charge in [-0.2, -0.15) is 0 Å². The molecule has 0 aliphatic carbocycles. The molecule has 2 aliphatic rings. The lowest BCUT2D eigenvalue weighted by Crippen LogP contribution is -2.48. The number of nitrogens with one attached hydrogen (secondary N) is 3. The molecule has 13 heteroatoms. The van der Waals surface area contributed by atoms with Crippen LogP contribution in [0.4, 0.5) is 13.6 Å². The van der Waals surface area contributed by atoms with E-state index >= 15 is 0 Å². The molecule has 3 amide bonds. The lowest BCUT2D eigenvalue weighted by Gasteiger charge is -2.37. The van der Waals surface area contributed by atoms with Crippen molar-refractivity contribution in [3.63, 3.8) is 0 Å². The number of rotatable bonds is 9. The Balaban J connectivity index is 1.38. The molecule has 0 radical (unpaired) electrons. The number of ether oxygens (including phenoxy) is 1. The predicted molar refractivity (Wildman–Crippen MR) is 181 cm³/mol. The van der Waals surface area contributed by atoms with Crippen LogP contribution in [0.2, 0.25) is 0 Å². The average molecular weight is 677 g/mol. The quantitative estimate of drug-likeness (QED) is 0.213. The van der Waals surface area contributed by atoms with Crippen molar-refractivity contribution < 1.29 is 27.9 Å². The molecule has 2 fully saturated rings. The number of likely N-dealkylation sites (tertiary alicyclic amines) is 1. The molecule has 2 aliphatic heterocycles. The number of pyridine rings is 1. The van der Waals surface area contributed by atoms with Gasteiger partial charge in [-0.1, -0.05) is 6.92 Å². The van der Waals surface area contributed by atoms with Crippen molar-refractivity contribution in [1.29, 1.82) is 0 Å². The smallest absolute Gasteiger partial charge is 0.407 e. The highest BCUT2D eigenvalue weighted by Gasteiger charge is 2.44. The average Bonchev–Trinajstić information content (AvgIpc) is 3.74. The van der Waals surface area contributed by atoms with E-state index in [1.165, 1.54) is 10.8 Å². The normalized spacial score (nSPS) is 16.3. The van der Waals surface area contributed by atoms with Gasteiger partial charge in [0.05, 0.1) is 13.1 Å². The van der Waals surface area contributed by atoms with E-state index < -0.39 is 30.6 Å². The Morgan fingerprint density at radius 3 is 2.39 bits per heavy atom. The third-order valence-corrected chi connectivity index (χ3v) is 9.96. The fraction of sp³-hybridized carbons (Fsp3) is 0.444. The molecule has 260 valence electrons. The van der Waals surface area contributed by atoms with E-state index in [1.54, 1.807) is 24.0 Å². The number of alkyl carbamates (subject to hydrolysis) is 1. The van der Waals surface area contributed by atoms with Crippen molar-refractivity contribution in [2.45, 2.75) is 85.0 Å². The number of carbonyl (C=O) groups excluding carboxylic acids is 3. The van der Waals surface area contributed by atoms with Gasteiger partial charge >= 0.3 is 6.09 Å². The Kier molecular flexibility index (Phi) is 9.12. The predicted octanol–water partition coefficient (Wildman–Crippen LogP) is 5.60. The lowest BCUT2D eigenvalue weighted by atomic mass is 9.91. The number of piperidine rings is 1. The second kappa shape index (κ2) is 13.2. The van der Waals surface area contributed by atoms with Gasteiger partial charge in [0.2, 0.25) is 0 Å². The summed E-state index contributed by atoms with van der Waals surface area (Å²) >= 11 is 0. The number of H-pyrrole nitrogens is 1. The minimum atomic E-state index is -2.71. The van der Waals surface area contributed by atoms with Gasteiger partial charge in [0.25, 0.3) is 23.8 Å². The summed E-state index contributed by atoms with van der Waals surface area (Å²) in [6.45, 7) is 10.0. The lowest BCUT2D eigenvalue weighted by molar-refractivity contribution is 0.00293. The van der Waals surface area contributed by atoms with Crippen molar-refractivity contribution in [2.24, 2.45) is 0 Å². The molecule has 6 rings (SSSR count). The molecule has 0 bridgehead atoms. The van der Waals surface area contributed by atoms with Crippen LogP contribution in [0.5, 0.6) is 0 Å². The first kappa shape index (κ1) is 33.9. The Morgan fingerprint density at radius 2 is 1.76 bits per heavy atom. The number of amides is 3. The van der Waals surface area contributed by atoms with Gasteiger partial charge in [0, 0.05) is 84.2 Å². The number of hydrogen-bond acceptors (Lipinski definition) is 5. The number of alkyl halides is 2. The van der Waals surface area contributed by atoms with Gasteiger partial charge in [0.1, 0.15) is 11.3 Å². The Bertz CT molecular complexity index is 2000. The van der Waals surface area contributed by atoms with Gasteiger partial charge < -0.3 is 34.4 Å². The number of hydrogen-bond donors (Lipinski definition) is 3. The molecular weight excluding hydrogens is 634 g/mol. The van der Waals surface area contributed by atoms with Crippen molar-refractivity contribution in [3.05, 3.63) is 80.7 Å². The number of aromatic amines is 1. The van der Waals surface area contributed by atoms with E-state index in [9.17, 15) is 28.0 Å². The summed E-state index contributed by atoms with van der Waals surface area (Å²) < 4.78 is 36.5. The molecule has 3 N–H and O–H groups in total. The maximum Gasteiger partial charge on any atom is 0.407 e. The molecule has 11 nitrogen and oxygen atoms in total. The van der Waals surface area contributed by atoms with Crippen LogP contribution >= 0.6 is 0 Å². The van der Waals surface area contributed by atoms with Crippen LogP contribution in [-0.2, 0) is 17.8 Å². The molecule has 1 spiro atoms. The summed E-state index contributed by atoms with van der Waals surface area (Å²) in [5.41, 5.74) is 4.32. The molecule has 49 heavy (non-hydrogen) atoms. The first-order valence-electron chi connectivity index (χ1n) is 16.7. The van der Waals surface area contributed by atoms with E-state index in [0.717, 1.165) is 34.1 Å². The molecular formula is C36H42F2N6O5. The minimum Gasteiger partial charge on any atom is -0.441 e. The SMILES string of the molecule is CC[C@H](C)n1cc(C)c2c(C(=O)NCc3c(C)cc(C)[nH]c3=O)cc(-c3cc(C(=O)N4CCC5(CC4)CNC(=O)O5)n(CC(F)F)c3)cc21. The number of carbonyl (C=O) groups is 3. The number of aryl methyl sites for hydroxylation is 3. The summed E-state index contributed by atoms with van der Waals surface area (Å²) in [5.74, 6) is -0.778. The minimum absolute atomic E-state index is 0.0208. The van der Waals surface area contributed by atoms with Gasteiger partial charge in [-0.05, 0) is 75.1 Å². The fourth-order valence-corrected chi connectivity index (χ4v) is 7.07. The summed E-state index contributed by atoms with van der Waals surface area (Å²) in [7, 11) is 0. The Labute approximate surface area is 282 Å². The third-order valence-electron chi connectivity index (χ3n) is 9.96. The first-order valence-corrected chi connectivity index (χ1v) is 16.7. The van der Waals surface area contributed by atoms with Crippen LogP contribution in [0.25, 0.3) is 22.0 Å². The highest BCUT2D eigenvalue weighted by Crippen LogP contribution is 2.35.